The van der Waals surface area contributed by atoms with E-state index < -0.39 is 0 Å². The van der Waals surface area contributed by atoms with Crippen LogP contribution in [0.5, 0.6) is 0 Å². The minimum atomic E-state index is 0.594. The maximum Gasteiger partial charge on any atom is 0.164 e. The molecule has 0 saturated carbocycles. The second-order valence-electron chi connectivity index (χ2n) is 17.3. The van der Waals surface area contributed by atoms with Crippen molar-refractivity contribution in [3.8, 4) is 89.8 Å². The van der Waals surface area contributed by atoms with Gasteiger partial charge in [-0.15, -0.1) is 0 Å². The summed E-state index contributed by atoms with van der Waals surface area (Å²) in [6.07, 6.45) is 0. The van der Waals surface area contributed by atoms with Crippen molar-refractivity contribution >= 4 is 43.7 Å². The molecule has 0 aliphatic heterocycles. The Kier molecular flexibility index (Phi) is 9.43. The second kappa shape index (κ2) is 16.4. The highest BCUT2D eigenvalue weighted by atomic mass is 16.3. The molecule has 1 N–H and O–H groups in total. The van der Waals surface area contributed by atoms with Crippen LogP contribution in [0.1, 0.15) is 0 Å². The van der Waals surface area contributed by atoms with E-state index in [1.165, 1.54) is 10.8 Å². The lowest BCUT2D eigenvalue weighted by Gasteiger charge is -2.14. The largest absolute Gasteiger partial charge is 0.456 e. The third kappa shape index (κ3) is 7.11. The molecule has 68 heavy (non-hydrogen) atoms. The fourth-order valence-electron chi connectivity index (χ4n) is 9.66. The van der Waals surface area contributed by atoms with Crippen LogP contribution in [0, 0.1) is 0 Å². The number of benzene rings is 10. The van der Waals surface area contributed by atoms with Gasteiger partial charge in [0.2, 0.25) is 0 Å². The van der Waals surface area contributed by atoms with Crippen LogP contribution < -0.4 is 0 Å². The molecule has 13 aromatic rings. The van der Waals surface area contributed by atoms with Crippen molar-refractivity contribution in [3.05, 3.63) is 237 Å². The van der Waals surface area contributed by atoms with Crippen molar-refractivity contribution in [2.75, 3.05) is 0 Å². The number of hydrogen-bond donors (Lipinski definition) is 1. The number of nitrogens with zero attached hydrogens (tertiary/aromatic N) is 3. The molecule has 0 unspecified atom stereocenters. The first-order chi connectivity index (χ1) is 33.6. The fourth-order valence-corrected chi connectivity index (χ4v) is 9.66. The summed E-state index contributed by atoms with van der Waals surface area (Å²) in [6.45, 7) is 0. The number of para-hydroxylation sites is 1. The van der Waals surface area contributed by atoms with Crippen molar-refractivity contribution in [1.29, 1.82) is 0 Å². The van der Waals surface area contributed by atoms with Crippen molar-refractivity contribution in [1.82, 2.24) is 19.9 Å². The topological polar surface area (TPSA) is 67.6 Å². The molecule has 0 bridgehead atoms. The molecular weight excluding hydrogens is 829 g/mol. The van der Waals surface area contributed by atoms with Gasteiger partial charge >= 0.3 is 0 Å². The van der Waals surface area contributed by atoms with Gasteiger partial charge in [0.05, 0.1) is 10.9 Å². The van der Waals surface area contributed by atoms with E-state index in [0.29, 0.717) is 17.5 Å². The highest BCUT2D eigenvalue weighted by molar-refractivity contribution is 6.23. The van der Waals surface area contributed by atoms with Crippen LogP contribution in [0.3, 0.4) is 0 Å². The number of aromatic nitrogens is 4. The quantitative estimate of drug-likeness (QED) is 0.165. The summed E-state index contributed by atoms with van der Waals surface area (Å²) in [7, 11) is 0. The first-order valence-electron chi connectivity index (χ1n) is 22.9. The minimum Gasteiger partial charge on any atom is -0.456 e. The van der Waals surface area contributed by atoms with Gasteiger partial charge in [0.1, 0.15) is 11.2 Å². The summed E-state index contributed by atoms with van der Waals surface area (Å²) in [5, 5.41) is 4.58. The van der Waals surface area contributed by atoms with Crippen molar-refractivity contribution in [3.63, 3.8) is 0 Å². The van der Waals surface area contributed by atoms with Crippen LogP contribution in [0.15, 0.2) is 241 Å². The van der Waals surface area contributed by atoms with Crippen molar-refractivity contribution in [2.45, 2.75) is 0 Å². The molecule has 0 spiro atoms. The van der Waals surface area contributed by atoms with Gasteiger partial charge in [-0.3, -0.25) is 0 Å². The van der Waals surface area contributed by atoms with Gasteiger partial charge in [-0.05, 0) is 128 Å². The molecule has 13 rings (SSSR count). The lowest BCUT2D eigenvalue weighted by atomic mass is 9.93. The van der Waals surface area contributed by atoms with E-state index in [4.69, 9.17) is 19.4 Å². The number of rotatable bonds is 8. The minimum absolute atomic E-state index is 0.594. The van der Waals surface area contributed by atoms with E-state index in [9.17, 15) is 0 Å². The summed E-state index contributed by atoms with van der Waals surface area (Å²) in [5.74, 6) is 1.80. The Balaban J connectivity index is 0.971. The Morgan fingerprint density at radius 1 is 0.265 bits per heavy atom. The first-order valence-corrected chi connectivity index (χ1v) is 22.9. The Bertz CT molecular complexity index is 3950. The molecule has 0 fully saturated rings. The maximum absolute atomic E-state index is 6.44. The summed E-state index contributed by atoms with van der Waals surface area (Å²) in [5.41, 5.74) is 17.6. The number of fused-ring (bicyclic) bond motifs is 7. The Morgan fingerprint density at radius 2 is 0.676 bits per heavy atom. The molecule has 318 valence electrons. The van der Waals surface area contributed by atoms with E-state index in [1.54, 1.807) is 0 Å². The molecule has 5 nitrogen and oxygen atoms in total. The molecule has 0 saturated heterocycles. The maximum atomic E-state index is 6.44. The van der Waals surface area contributed by atoms with Gasteiger partial charge in [0, 0.05) is 38.4 Å². The van der Waals surface area contributed by atoms with Gasteiger partial charge < -0.3 is 9.40 Å². The highest BCUT2D eigenvalue weighted by Crippen LogP contribution is 2.41. The molecule has 0 aliphatic carbocycles. The van der Waals surface area contributed by atoms with E-state index >= 15 is 0 Å². The van der Waals surface area contributed by atoms with Crippen LogP contribution in [-0.4, -0.2) is 19.9 Å². The summed E-state index contributed by atoms with van der Waals surface area (Å²) in [6, 6.07) is 83.1. The summed E-state index contributed by atoms with van der Waals surface area (Å²) >= 11 is 0. The van der Waals surface area contributed by atoms with Gasteiger partial charge in [-0.25, -0.2) is 15.0 Å². The lowest BCUT2D eigenvalue weighted by Crippen LogP contribution is -2.01. The van der Waals surface area contributed by atoms with E-state index in [1.807, 2.05) is 30.3 Å². The van der Waals surface area contributed by atoms with E-state index in [2.05, 4.69) is 211 Å². The van der Waals surface area contributed by atoms with Crippen LogP contribution in [0.4, 0.5) is 0 Å². The molecule has 3 aromatic heterocycles. The van der Waals surface area contributed by atoms with E-state index in [-0.39, 0.29) is 0 Å². The molecule has 10 aromatic carbocycles. The third-order valence-electron chi connectivity index (χ3n) is 13.0. The zero-order valence-corrected chi connectivity index (χ0v) is 36.8. The zero-order chi connectivity index (χ0) is 45.0. The Hall–Kier alpha value is -9.19. The van der Waals surface area contributed by atoms with Crippen molar-refractivity contribution < 1.29 is 4.42 Å². The molecule has 3 heterocycles. The fraction of sp³-hybridized carbons (Fsp3) is 0. The molecule has 0 atom stereocenters. The average Bonchev–Trinajstić information content (AvgIpc) is 4.00. The number of hydrogen-bond acceptors (Lipinski definition) is 4. The Morgan fingerprint density at radius 3 is 1.25 bits per heavy atom. The van der Waals surface area contributed by atoms with Crippen LogP contribution in [-0.2, 0) is 0 Å². The molecular formula is C63H40N4O. The second-order valence-corrected chi connectivity index (χ2v) is 17.3. The predicted molar refractivity (Wildman–Crippen MR) is 280 cm³/mol. The first kappa shape index (κ1) is 39.2. The highest BCUT2D eigenvalue weighted by Gasteiger charge is 2.19. The SMILES string of the molecule is c1ccc(-c2cc(-c3ccccc3)cc(-c3nc(-c4ccccc4)nc(-c4cc(-c5ccccc5)cc(-c5cccc(-c6ccc7oc8ccc9c%10ccccc%10[nH]c9c8c7c6)c5)c4)n3)c2)cc1. The molecule has 0 aliphatic rings. The third-order valence-corrected chi connectivity index (χ3v) is 13.0. The number of nitrogens with one attached hydrogen (secondary N) is 1. The van der Waals surface area contributed by atoms with Crippen LogP contribution >= 0.6 is 0 Å². The van der Waals surface area contributed by atoms with Crippen molar-refractivity contribution in [2.24, 2.45) is 0 Å². The predicted octanol–water partition coefficient (Wildman–Crippen LogP) is 16.7. The number of H-pyrrole nitrogens is 1. The lowest BCUT2D eigenvalue weighted by molar-refractivity contribution is 0.669. The normalized spacial score (nSPS) is 11.5. The monoisotopic (exact) mass is 868 g/mol. The van der Waals surface area contributed by atoms with Gasteiger partial charge in [0.15, 0.2) is 17.5 Å². The van der Waals surface area contributed by atoms with Crippen LogP contribution in [0.2, 0.25) is 0 Å². The van der Waals surface area contributed by atoms with E-state index in [0.717, 1.165) is 105 Å². The number of aromatic amines is 1. The number of furan rings is 1. The van der Waals surface area contributed by atoms with Crippen LogP contribution in [0.25, 0.3) is 134 Å². The summed E-state index contributed by atoms with van der Waals surface area (Å²) < 4.78 is 6.44. The van der Waals surface area contributed by atoms with Gasteiger partial charge in [-0.2, -0.15) is 0 Å². The zero-order valence-electron chi connectivity index (χ0n) is 36.8. The smallest absolute Gasteiger partial charge is 0.164 e. The molecule has 0 radical (unpaired) electrons. The molecule has 0 amide bonds. The summed E-state index contributed by atoms with van der Waals surface area (Å²) in [4.78, 5) is 19.5. The van der Waals surface area contributed by atoms with Gasteiger partial charge in [-0.1, -0.05) is 164 Å². The Labute approximate surface area is 392 Å². The van der Waals surface area contributed by atoms with Gasteiger partial charge in [0.25, 0.3) is 0 Å². The standard InChI is InChI=1S/C63H40N4O/c1-5-16-40(17-6-1)47-33-48(41-18-7-2-8-19-41)36-51(35-47)62-65-61(43-22-11-4-12-23-43)66-63(67-62)52-37-49(42-20-9-3-10-21-42)34-50(38-52)45-25-15-24-44(32-45)46-28-30-57-55(39-46)59-58(68-57)31-29-54-53-26-13-14-27-56(53)64-60(54)59/h1-39,64H. The average molecular weight is 869 g/mol. The molecule has 5 heteroatoms.